The van der Waals surface area contributed by atoms with E-state index in [1.54, 1.807) is 4.57 Å². The van der Waals surface area contributed by atoms with Crippen molar-refractivity contribution in [3.05, 3.63) is 45.1 Å². The molecule has 1 saturated carbocycles. The van der Waals surface area contributed by atoms with Crippen molar-refractivity contribution in [1.29, 1.82) is 0 Å². The molecule has 1 aromatic heterocycles. The van der Waals surface area contributed by atoms with E-state index in [2.05, 4.69) is 0 Å². The summed E-state index contributed by atoms with van der Waals surface area (Å²) in [4.78, 5) is 25.3. The van der Waals surface area contributed by atoms with Crippen LogP contribution in [-0.4, -0.2) is 9.13 Å². The molecule has 0 bridgehead atoms. The number of nitrogens with zero attached hydrogens (tertiary/aromatic N) is 2. The first-order chi connectivity index (χ1) is 9.74. The molecule has 0 spiro atoms. The van der Waals surface area contributed by atoms with Gasteiger partial charge < -0.3 is 0 Å². The summed E-state index contributed by atoms with van der Waals surface area (Å²) in [7, 11) is 0. The van der Waals surface area contributed by atoms with Crippen LogP contribution in [0.4, 0.5) is 0 Å². The maximum absolute atomic E-state index is 12.7. The first kappa shape index (κ1) is 13.2. The molecule has 4 heteroatoms. The van der Waals surface area contributed by atoms with Crippen molar-refractivity contribution in [2.24, 2.45) is 0 Å². The van der Waals surface area contributed by atoms with E-state index in [1.165, 1.54) is 11.0 Å². The van der Waals surface area contributed by atoms with Crippen LogP contribution in [0.2, 0.25) is 0 Å². The van der Waals surface area contributed by atoms with Crippen LogP contribution in [-0.2, 0) is 6.54 Å². The number of hydrogen-bond acceptors (Lipinski definition) is 2. The summed E-state index contributed by atoms with van der Waals surface area (Å²) in [6.07, 6.45) is 5.31. The van der Waals surface area contributed by atoms with E-state index in [-0.39, 0.29) is 17.3 Å². The minimum atomic E-state index is -0.150. The lowest BCUT2D eigenvalue weighted by Gasteiger charge is -2.24. The second-order valence-electron chi connectivity index (χ2n) is 5.51. The summed E-state index contributed by atoms with van der Waals surface area (Å²) in [5, 5.41) is 0.652. The number of para-hydroxylation sites is 1. The van der Waals surface area contributed by atoms with E-state index in [1.807, 2.05) is 31.2 Å². The number of rotatable bonds is 2. The largest absolute Gasteiger partial charge is 0.331 e. The predicted molar refractivity (Wildman–Crippen MR) is 80.3 cm³/mol. The van der Waals surface area contributed by atoms with Crippen LogP contribution < -0.4 is 11.2 Å². The Morgan fingerprint density at radius 3 is 2.50 bits per heavy atom. The van der Waals surface area contributed by atoms with Crippen LogP contribution in [0.25, 0.3) is 10.9 Å². The fourth-order valence-electron chi connectivity index (χ4n) is 3.31. The van der Waals surface area contributed by atoms with Gasteiger partial charge in [0, 0.05) is 12.6 Å². The molecular weight excluding hydrogens is 252 g/mol. The van der Waals surface area contributed by atoms with Crippen LogP contribution in [0, 0.1) is 0 Å². The van der Waals surface area contributed by atoms with Crippen molar-refractivity contribution in [3.63, 3.8) is 0 Å². The summed E-state index contributed by atoms with van der Waals surface area (Å²) in [6.45, 7) is 2.54. The van der Waals surface area contributed by atoms with E-state index < -0.39 is 0 Å². The molecular formula is C16H20N2O2. The highest BCUT2D eigenvalue weighted by molar-refractivity contribution is 5.77. The summed E-state index contributed by atoms with van der Waals surface area (Å²) < 4.78 is 3.22. The Bertz CT molecular complexity index is 736. The fourth-order valence-corrected chi connectivity index (χ4v) is 3.31. The summed E-state index contributed by atoms with van der Waals surface area (Å²) >= 11 is 0. The molecule has 1 fully saturated rings. The third-order valence-electron chi connectivity index (χ3n) is 4.34. The average Bonchev–Trinajstić information content (AvgIpc) is 2.49. The highest BCUT2D eigenvalue weighted by Crippen LogP contribution is 2.26. The second kappa shape index (κ2) is 5.27. The Morgan fingerprint density at radius 2 is 1.80 bits per heavy atom. The average molecular weight is 272 g/mol. The zero-order chi connectivity index (χ0) is 14.1. The third kappa shape index (κ3) is 1.99. The van der Waals surface area contributed by atoms with Crippen LogP contribution >= 0.6 is 0 Å². The molecule has 0 atom stereocenters. The molecule has 1 aromatic carbocycles. The van der Waals surface area contributed by atoms with Gasteiger partial charge in [-0.05, 0) is 31.9 Å². The lowest BCUT2D eigenvalue weighted by molar-refractivity contribution is 0.332. The summed E-state index contributed by atoms with van der Waals surface area (Å²) in [5.74, 6) is 0. The van der Waals surface area contributed by atoms with E-state index in [4.69, 9.17) is 0 Å². The second-order valence-corrected chi connectivity index (χ2v) is 5.51. The molecule has 0 amide bonds. The van der Waals surface area contributed by atoms with E-state index >= 15 is 0 Å². The van der Waals surface area contributed by atoms with Crippen molar-refractivity contribution in [2.75, 3.05) is 0 Å². The molecule has 106 valence electrons. The Morgan fingerprint density at radius 1 is 1.10 bits per heavy atom. The molecule has 0 N–H and O–H groups in total. The number of aryl methyl sites for hydroxylation is 1. The topological polar surface area (TPSA) is 44.0 Å². The summed E-state index contributed by atoms with van der Waals surface area (Å²) in [5.41, 5.74) is 0.474. The molecule has 3 rings (SSSR count). The molecule has 2 aromatic rings. The first-order valence-corrected chi connectivity index (χ1v) is 7.48. The van der Waals surface area contributed by atoms with Crippen molar-refractivity contribution in [3.8, 4) is 0 Å². The Hall–Kier alpha value is -1.84. The molecule has 0 radical (unpaired) electrons. The maximum Gasteiger partial charge on any atom is 0.331 e. The van der Waals surface area contributed by atoms with Gasteiger partial charge in [0.15, 0.2) is 0 Å². The zero-order valence-corrected chi connectivity index (χ0v) is 11.8. The van der Waals surface area contributed by atoms with Gasteiger partial charge in [-0.1, -0.05) is 31.4 Å². The SMILES string of the molecule is CCn1c(=O)n(C2CCCCC2)c(=O)c2ccccc21. The van der Waals surface area contributed by atoms with Gasteiger partial charge >= 0.3 is 5.69 Å². The van der Waals surface area contributed by atoms with Crippen LogP contribution in [0.5, 0.6) is 0 Å². The number of benzene rings is 1. The van der Waals surface area contributed by atoms with Crippen LogP contribution in [0.1, 0.15) is 45.1 Å². The summed E-state index contributed by atoms with van der Waals surface area (Å²) in [6, 6.07) is 7.49. The van der Waals surface area contributed by atoms with Gasteiger partial charge in [0.05, 0.1) is 10.9 Å². The standard InChI is InChI=1S/C16H20N2O2/c1-2-17-14-11-7-6-10-13(14)15(19)18(16(17)20)12-8-4-3-5-9-12/h6-7,10-12H,2-5,8-9H2,1H3. The maximum atomic E-state index is 12.7. The normalized spacial score (nSPS) is 16.6. The van der Waals surface area contributed by atoms with Gasteiger partial charge in [-0.2, -0.15) is 0 Å². The fraction of sp³-hybridized carbons (Fsp3) is 0.500. The minimum absolute atomic E-state index is 0.0751. The molecule has 1 heterocycles. The van der Waals surface area contributed by atoms with E-state index in [9.17, 15) is 9.59 Å². The van der Waals surface area contributed by atoms with Crippen LogP contribution in [0.15, 0.2) is 33.9 Å². The zero-order valence-electron chi connectivity index (χ0n) is 11.8. The van der Waals surface area contributed by atoms with Gasteiger partial charge in [0.2, 0.25) is 0 Å². The van der Waals surface area contributed by atoms with Crippen molar-refractivity contribution >= 4 is 10.9 Å². The van der Waals surface area contributed by atoms with E-state index in [0.29, 0.717) is 11.9 Å². The minimum Gasteiger partial charge on any atom is -0.293 e. The quantitative estimate of drug-likeness (QED) is 0.843. The smallest absolute Gasteiger partial charge is 0.293 e. The van der Waals surface area contributed by atoms with Gasteiger partial charge in [-0.25, -0.2) is 4.79 Å². The monoisotopic (exact) mass is 272 g/mol. The van der Waals surface area contributed by atoms with Gasteiger partial charge in [0.1, 0.15) is 0 Å². The highest BCUT2D eigenvalue weighted by Gasteiger charge is 2.21. The molecule has 0 aliphatic heterocycles. The molecule has 1 aliphatic carbocycles. The Kier molecular flexibility index (Phi) is 3.47. The molecule has 20 heavy (non-hydrogen) atoms. The number of aromatic nitrogens is 2. The first-order valence-electron chi connectivity index (χ1n) is 7.48. The number of fused-ring (bicyclic) bond motifs is 1. The van der Waals surface area contributed by atoms with Crippen LogP contribution in [0.3, 0.4) is 0 Å². The molecule has 1 aliphatic rings. The van der Waals surface area contributed by atoms with Crippen molar-refractivity contribution in [1.82, 2.24) is 9.13 Å². The van der Waals surface area contributed by atoms with Gasteiger partial charge in [-0.15, -0.1) is 0 Å². The predicted octanol–water partition coefficient (Wildman–Crippen LogP) is 2.69. The Labute approximate surface area is 117 Å². The Balaban J connectivity index is 2.31. The highest BCUT2D eigenvalue weighted by atomic mass is 16.2. The van der Waals surface area contributed by atoms with Crippen molar-refractivity contribution in [2.45, 2.75) is 51.6 Å². The lowest BCUT2D eigenvalue weighted by Crippen LogP contribution is -2.42. The third-order valence-corrected chi connectivity index (χ3v) is 4.34. The molecule has 0 unspecified atom stereocenters. The van der Waals surface area contributed by atoms with Gasteiger partial charge in [-0.3, -0.25) is 13.9 Å². The molecule has 0 saturated heterocycles. The molecule has 4 nitrogen and oxygen atoms in total. The van der Waals surface area contributed by atoms with Crippen molar-refractivity contribution < 1.29 is 0 Å². The lowest BCUT2D eigenvalue weighted by atomic mass is 9.95. The van der Waals surface area contributed by atoms with Gasteiger partial charge in [0.25, 0.3) is 5.56 Å². The van der Waals surface area contributed by atoms with E-state index in [0.717, 1.165) is 31.2 Å². The number of hydrogen-bond donors (Lipinski definition) is 0.